The number of likely N-dealkylation sites (tertiary alicyclic amines) is 1. The van der Waals surface area contributed by atoms with E-state index in [2.05, 4.69) is 4.90 Å². The van der Waals surface area contributed by atoms with E-state index < -0.39 is 17.7 Å². The van der Waals surface area contributed by atoms with Crippen LogP contribution in [0.1, 0.15) is 36.6 Å². The van der Waals surface area contributed by atoms with E-state index in [1.165, 1.54) is 11.0 Å². The SMILES string of the molecule is CCN(CC)CCN1C(=O)C(=O)C(=C(O)c2cc(C)ccc2O)[C@@H]1c1cccc(OC)c1. The molecule has 7 heteroatoms. The molecule has 32 heavy (non-hydrogen) atoms. The zero-order valence-corrected chi connectivity index (χ0v) is 19.0. The number of phenols is 1. The summed E-state index contributed by atoms with van der Waals surface area (Å²) in [6.45, 7) is 8.46. The van der Waals surface area contributed by atoms with Gasteiger partial charge in [0, 0.05) is 13.1 Å². The number of aliphatic hydroxyl groups is 1. The summed E-state index contributed by atoms with van der Waals surface area (Å²) in [5.74, 6) is -1.40. The first-order chi connectivity index (χ1) is 15.3. The summed E-state index contributed by atoms with van der Waals surface area (Å²) < 4.78 is 5.34. The van der Waals surface area contributed by atoms with Crippen LogP contribution in [0, 0.1) is 6.92 Å². The van der Waals surface area contributed by atoms with Gasteiger partial charge < -0.3 is 24.7 Å². The van der Waals surface area contributed by atoms with Gasteiger partial charge in [-0.25, -0.2) is 0 Å². The lowest BCUT2D eigenvalue weighted by Crippen LogP contribution is -2.38. The molecule has 0 saturated carbocycles. The van der Waals surface area contributed by atoms with E-state index in [9.17, 15) is 19.8 Å². The molecule has 2 aromatic carbocycles. The van der Waals surface area contributed by atoms with Crippen molar-refractivity contribution in [2.75, 3.05) is 33.3 Å². The first-order valence-corrected chi connectivity index (χ1v) is 10.8. The number of ketones is 1. The van der Waals surface area contributed by atoms with Crippen molar-refractivity contribution in [3.05, 3.63) is 64.7 Å². The first-order valence-electron chi connectivity index (χ1n) is 10.8. The van der Waals surface area contributed by atoms with E-state index in [-0.39, 0.29) is 22.6 Å². The van der Waals surface area contributed by atoms with Gasteiger partial charge >= 0.3 is 0 Å². The molecule has 2 N–H and O–H groups in total. The van der Waals surface area contributed by atoms with Crippen LogP contribution in [0.25, 0.3) is 5.76 Å². The van der Waals surface area contributed by atoms with Gasteiger partial charge in [0.25, 0.3) is 11.7 Å². The third kappa shape index (κ3) is 4.48. The number of carbonyl (C=O) groups excluding carboxylic acids is 2. The van der Waals surface area contributed by atoms with Crippen molar-refractivity contribution in [3.8, 4) is 11.5 Å². The van der Waals surface area contributed by atoms with Crippen LogP contribution in [0.4, 0.5) is 0 Å². The van der Waals surface area contributed by atoms with Gasteiger partial charge in [-0.3, -0.25) is 9.59 Å². The fraction of sp³-hybridized carbons (Fsp3) is 0.360. The van der Waals surface area contributed by atoms with Crippen molar-refractivity contribution in [1.29, 1.82) is 0 Å². The molecule has 170 valence electrons. The number of rotatable bonds is 8. The summed E-state index contributed by atoms with van der Waals surface area (Å²) in [4.78, 5) is 29.8. The van der Waals surface area contributed by atoms with E-state index in [4.69, 9.17) is 4.74 Å². The molecular formula is C25H30N2O5. The standard InChI is InChI=1S/C25H30N2O5/c1-5-26(6-2)12-13-27-22(17-8-7-9-18(15-17)32-4)21(24(30)25(27)31)23(29)19-14-16(3)10-11-20(19)28/h7-11,14-15,22,28-29H,5-6,12-13H2,1-4H3/t22-/m0/s1. The van der Waals surface area contributed by atoms with Gasteiger partial charge in [-0.05, 0) is 49.8 Å². The van der Waals surface area contributed by atoms with Gasteiger partial charge in [-0.15, -0.1) is 0 Å². The van der Waals surface area contributed by atoms with Crippen molar-refractivity contribution >= 4 is 17.4 Å². The maximum Gasteiger partial charge on any atom is 0.295 e. The fourth-order valence-corrected chi connectivity index (χ4v) is 4.04. The maximum absolute atomic E-state index is 13.1. The summed E-state index contributed by atoms with van der Waals surface area (Å²) in [5.41, 5.74) is 1.54. The number of aromatic hydroxyl groups is 1. The largest absolute Gasteiger partial charge is 0.507 e. The number of aryl methyl sites for hydroxylation is 1. The van der Waals surface area contributed by atoms with Crippen LogP contribution >= 0.6 is 0 Å². The second-order valence-electron chi connectivity index (χ2n) is 7.82. The van der Waals surface area contributed by atoms with Gasteiger partial charge in [0.15, 0.2) is 0 Å². The number of Topliss-reactive ketones (excluding diaryl/α,β-unsaturated/α-hetero) is 1. The van der Waals surface area contributed by atoms with Crippen LogP contribution in [-0.2, 0) is 9.59 Å². The average Bonchev–Trinajstić information content (AvgIpc) is 3.05. The Bertz CT molecular complexity index is 1040. The van der Waals surface area contributed by atoms with E-state index in [0.717, 1.165) is 18.7 Å². The smallest absolute Gasteiger partial charge is 0.295 e. The number of carbonyl (C=O) groups is 2. The number of hydrogen-bond acceptors (Lipinski definition) is 6. The van der Waals surface area contributed by atoms with Crippen LogP contribution in [0.3, 0.4) is 0 Å². The third-order valence-corrected chi connectivity index (χ3v) is 5.91. The molecule has 3 rings (SSSR count). The quantitative estimate of drug-likeness (QED) is 0.373. The van der Waals surface area contributed by atoms with Crippen LogP contribution in [0.2, 0.25) is 0 Å². The Kier molecular flexibility index (Phi) is 7.20. The van der Waals surface area contributed by atoms with Crippen molar-refractivity contribution in [2.45, 2.75) is 26.8 Å². The summed E-state index contributed by atoms with van der Waals surface area (Å²) in [6.07, 6.45) is 0. The van der Waals surface area contributed by atoms with Crippen molar-refractivity contribution in [1.82, 2.24) is 9.80 Å². The van der Waals surface area contributed by atoms with Crippen molar-refractivity contribution < 1.29 is 24.5 Å². The molecule has 0 aromatic heterocycles. The van der Waals surface area contributed by atoms with Gasteiger partial charge in [0.2, 0.25) is 0 Å². The summed E-state index contributed by atoms with van der Waals surface area (Å²) in [7, 11) is 1.54. The lowest BCUT2D eigenvalue weighted by atomic mass is 9.94. The zero-order valence-electron chi connectivity index (χ0n) is 19.0. The molecule has 1 atom stereocenters. The molecule has 1 heterocycles. The van der Waals surface area contributed by atoms with Crippen LogP contribution in [0.5, 0.6) is 11.5 Å². The van der Waals surface area contributed by atoms with Gasteiger partial charge in [-0.1, -0.05) is 37.6 Å². The maximum atomic E-state index is 13.1. The normalized spacial score (nSPS) is 17.9. The molecule has 1 saturated heterocycles. The lowest BCUT2D eigenvalue weighted by Gasteiger charge is -2.28. The van der Waals surface area contributed by atoms with E-state index in [1.807, 2.05) is 20.8 Å². The van der Waals surface area contributed by atoms with E-state index in [0.29, 0.717) is 24.4 Å². The molecule has 1 aliphatic heterocycles. The van der Waals surface area contributed by atoms with E-state index >= 15 is 0 Å². The Morgan fingerprint density at radius 2 is 1.84 bits per heavy atom. The molecule has 0 unspecified atom stereocenters. The van der Waals surface area contributed by atoms with Crippen LogP contribution < -0.4 is 4.74 Å². The topological polar surface area (TPSA) is 90.3 Å². The fourth-order valence-electron chi connectivity index (χ4n) is 4.04. The molecular weight excluding hydrogens is 408 g/mol. The molecule has 1 fully saturated rings. The minimum absolute atomic E-state index is 0.0382. The molecule has 1 aliphatic rings. The minimum atomic E-state index is -0.791. The van der Waals surface area contributed by atoms with Crippen molar-refractivity contribution in [2.24, 2.45) is 0 Å². The Hall–Kier alpha value is -3.32. The number of methoxy groups -OCH3 is 1. The van der Waals surface area contributed by atoms with Crippen LogP contribution in [0.15, 0.2) is 48.0 Å². The minimum Gasteiger partial charge on any atom is -0.507 e. The summed E-state index contributed by atoms with van der Waals surface area (Å²) in [6, 6.07) is 11.1. The first kappa shape index (κ1) is 23.3. The number of nitrogens with zero attached hydrogens (tertiary/aromatic N) is 2. The summed E-state index contributed by atoms with van der Waals surface area (Å²) in [5, 5.41) is 21.5. The molecule has 7 nitrogen and oxygen atoms in total. The predicted molar refractivity (Wildman–Crippen MR) is 123 cm³/mol. The Balaban J connectivity index is 2.16. The second kappa shape index (κ2) is 9.87. The number of amides is 1. The average molecular weight is 439 g/mol. The molecule has 0 aliphatic carbocycles. The third-order valence-electron chi connectivity index (χ3n) is 5.91. The zero-order chi connectivity index (χ0) is 23.4. The number of likely N-dealkylation sites (N-methyl/N-ethyl adjacent to an activating group) is 1. The molecule has 1 amide bonds. The number of aliphatic hydroxyl groups excluding tert-OH is 1. The number of phenolic OH excluding ortho intramolecular Hbond substituents is 1. The summed E-state index contributed by atoms with van der Waals surface area (Å²) >= 11 is 0. The van der Waals surface area contributed by atoms with Crippen molar-refractivity contribution in [3.63, 3.8) is 0 Å². The van der Waals surface area contributed by atoms with Gasteiger partial charge in [0.05, 0.1) is 24.3 Å². The van der Waals surface area contributed by atoms with Crippen LogP contribution in [-0.4, -0.2) is 65.0 Å². The molecule has 0 bridgehead atoms. The number of benzene rings is 2. The highest BCUT2D eigenvalue weighted by atomic mass is 16.5. The molecule has 0 spiro atoms. The Labute approximate surface area is 188 Å². The highest BCUT2D eigenvalue weighted by molar-refractivity contribution is 6.46. The van der Waals surface area contributed by atoms with E-state index in [1.54, 1.807) is 43.5 Å². The number of hydrogen-bond donors (Lipinski definition) is 2. The van der Waals surface area contributed by atoms with Gasteiger partial charge in [-0.2, -0.15) is 0 Å². The number of ether oxygens (including phenoxy) is 1. The highest BCUT2D eigenvalue weighted by Gasteiger charge is 2.46. The Morgan fingerprint density at radius 3 is 2.50 bits per heavy atom. The predicted octanol–water partition coefficient (Wildman–Crippen LogP) is 3.47. The monoisotopic (exact) mass is 438 g/mol. The molecule has 2 aromatic rings. The highest BCUT2D eigenvalue weighted by Crippen LogP contribution is 2.41. The Morgan fingerprint density at radius 1 is 1.12 bits per heavy atom. The second-order valence-corrected chi connectivity index (χ2v) is 7.82. The lowest BCUT2D eigenvalue weighted by molar-refractivity contribution is -0.140. The molecule has 0 radical (unpaired) electrons. The van der Waals surface area contributed by atoms with Gasteiger partial charge in [0.1, 0.15) is 17.3 Å².